The first-order valence-corrected chi connectivity index (χ1v) is 5.49. The third-order valence-electron chi connectivity index (χ3n) is 0.985. The van der Waals surface area contributed by atoms with E-state index in [1.165, 1.54) is 18.0 Å². The maximum Gasteiger partial charge on any atom is 0.227 e. The minimum atomic E-state index is -2.96. The van der Waals surface area contributed by atoms with Crippen LogP contribution in [0.5, 0.6) is 0 Å². The summed E-state index contributed by atoms with van der Waals surface area (Å²) < 4.78 is 10.8. The fourth-order valence-corrected chi connectivity index (χ4v) is 2.43. The normalized spacial score (nSPS) is 17.1. The van der Waals surface area contributed by atoms with Gasteiger partial charge in [0.15, 0.2) is 0 Å². The molecule has 0 aliphatic rings. The monoisotopic (exact) mass is 162 g/mol. The molecule has 0 saturated heterocycles. The Hall–Kier alpha value is -0.110. The average Bonchev–Trinajstić information content (AvgIpc) is 2.08. The number of rotatable bonds is 1. The van der Waals surface area contributed by atoms with E-state index in [0.29, 0.717) is 5.30 Å². The number of hydrogen-bond acceptors (Lipinski definition) is 2. The second kappa shape index (κ2) is 2.25. The Bertz CT molecular complexity index is 223. The van der Waals surface area contributed by atoms with Crippen LogP contribution in [-0.2, 0) is 4.57 Å². The fraction of sp³-hybridized carbons (Fsp3) is 0.200. The summed E-state index contributed by atoms with van der Waals surface area (Å²) in [6.07, 6.45) is 0. The zero-order valence-electron chi connectivity index (χ0n) is 4.94. The lowest BCUT2D eigenvalue weighted by molar-refractivity contribution is 0.496. The van der Waals surface area contributed by atoms with E-state index in [1.807, 2.05) is 0 Å². The summed E-state index contributed by atoms with van der Waals surface area (Å²) in [5.74, 6) is 0. The van der Waals surface area contributed by atoms with Gasteiger partial charge in [-0.2, -0.15) is 11.3 Å². The van der Waals surface area contributed by atoms with Gasteiger partial charge in [-0.15, -0.1) is 0 Å². The highest BCUT2D eigenvalue weighted by molar-refractivity contribution is 7.65. The molecule has 0 aromatic carbocycles. The zero-order chi connectivity index (χ0) is 6.91. The Labute approximate surface area is 57.6 Å². The SMILES string of the molecule is CP(=O)(O)c1ccsc1. The fourth-order valence-electron chi connectivity index (χ4n) is 0.493. The zero-order valence-corrected chi connectivity index (χ0v) is 6.65. The van der Waals surface area contributed by atoms with Crippen molar-refractivity contribution in [1.29, 1.82) is 0 Å². The minimum absolute atomic E-state index is 0.549. The molecule has 1 unspecified atom stereocenters. The van der Waals surface area contributed by atoms with Gasteiger partial charge in [0.05, 0.1) is 0 Å². The molecule has 0 amide bonds. The highest BCUT2D eigenvalue weighted by Crippen LogP contribution is 2.34. The van der Waals surface area contributed by atoms with Gasteiger partial charge in [-0.25, -0.2) is 0 Å². The first-order valence-electron chi connectivity index (χ1n) is 2.44. The van der Waals surface area contributed by atoms with Crippen LogP contribution in [0.1, 0.15) is 0 Å². The number of thiophene rings is 1. The van der Waals surface area contributed by atoms with Gasteiger partial charge >= 0.3 is 0 Å². The molecule has 50 valence electrons. The van der Waals surface area contributed by atoms with Crippen LogP contribution < -0.4 is 5.30 Å². The van der Waals surface area contributed by atoms with Crippen molar-refractivity contribution in [1.82, 2.24) is 0 Å². The van der Waals surface area contributed by atoms with Crippen molar-refractivity contribution in [2.75, 3.05) is 6.66 Å². The standard InChI is InChI=1S/C5H7O2PS/c1-8(6,7)5-2-3-9-4-5/h2-4H,1H3,(H,6,7). The van der Waals surface area contributed by atoms with E-state index in [4.69, 9.17) is 4.89 Å². The van der Waals surface area contributed by atoms with Gasteiger partial charge in [-0.3, -0.25) is 4.57 Å². The molecule has 0 spiro atoms. The largest absolute Gasteiger partial charge is 0.341 e. The molecule has 0 aliphatic heterocycles. The molecule has 4 heteroatoms. The highest BCUT2D eigenvalue weighted by Gasteiger charge is 2.12. The predicted octanol–water partition coefficient (Wildman–Crippen LogP) is 1.27. The third kappa shape index (κ3) is 1.65. The van der Waals surface area contributed by atoms with Gasteiger partial charge in [0.1, 0.15) is 0 Å². The van der Waals surface area contributed by atoms with E-state index in [9.17, 15) is 4.57 Å². The van der Waals surface area contributed by atoms with Crippen molar-refractivity contribution < 1.29 is 9.46 Å². The van der Waals surface area contributed by atoms with E-state index >= 15 is 0 Å². The lowest BCUT2D eigenvalue weighted by Crippen LogP contribution is -1.96. The molecule has 9 heavy (non-hydrogen) atoms. The summed E-state index contributed by atoms with van der Waals surface area (Å²) in [6, 6.07) is 1.67. The van der Waals surface area contributed by atoms with E-state index < -0.39 is 7.37 Å². The Morgan fingerprint density at radius 3 is 2.67 bits per heavy atom. The summed E-state index contributed by atoms with van der Waals surface area (Å²) in [7, 11) is -2.96. The van der Waals surface area contributed by atoms with Gasteiger partial charge in [-0.05, 0) is 11.4 Å². The van der Waals surface area contributed by atoms with Gasteiger partial charge in [0.25, 0.3) is 0 Å². The van der Waals surface area contributed by atoms with E-state index in [1.54, 1.807) is 16.8 Å². The number of hydrogen-bond donors (Lipinski definition) is 1. The van der Waals surface area contributed by atoms with Gasteiger partial charge in [0.2, 0.25) is 7.37 Å². The van der Waals surface area contributed by atoms with Crippen LogP contribution in [0.2, 0.25) is 0 Å². The molecule has 0 radical (unpaired) electrons. The molecule has 1 aromatic rings. The summed E-state index contributed by atoms with van der Waals surface area (Å²) in [4.78, 5) is 8.94. The van der Waals surface area contributed by atoms with E-state index in [2.05, 4.69) is 0 Å². The lowest BCUT2D eigenvalue weighted by atomic mass is 10.7. The molecule has 0 saturated carbocycles. The second-order valence-corrected chi connectivity index (χ2v) is 4.92. The van der Waals surface area contributed by atoms with Crippen LogP contribution in [0.3, 0.4) is 0 Å². The molecule has 2 nitrogen and oxygen atoms in total. The molecule has 0 bridgehead atoms. The summed E-state index contributed by atoms with van der Waals surface area (Å²) in [6.45, 7) is 1.34. The smallest absolute Gasteiger partial charge is 0.227 e. The van der Waals surface area contributed by atoms with Crippen LogP contribution in [0.25, 0.3) is 0 Å². The van der Waals surface area contributed by atoms with Crippen LogP contribution >= 0.6 is 18.7 Å². The van der Waals surface area contributed by atoms with Crippen molar-refractivity contribution in [2.24, 2.45) is 0 Å². The van der Waals surface area contributed by atoms with Gasteiger partial charge < -0.3 is 4.89 Å². The van der Waals surface area contributed by atoms with Crippen molar-refractivity contribution in [3.05, 3.63) is 16.8 Å². The maximum absolute atomic E-state index is 10.8. The second-order valence-electron chi connectivity index (χ2n) is 1.86. The van der Waals surface area contributed by atoms with Gasteiger partial charge in [0, 0.05) is 17.3 Å². The maximum atomic E-state index is 10.8. The van der Waals surface area contributed by atoms with Crippen molar-refractivity contribution in [3.63, 3.8) is 0 Å². The summed E-state index contributed by atoms with van der Waals surface area (Å²) in [5.41, 5.74) is 0. The molecular formula is C5H7O2PS. The summed E-state index contributed by atoms with van der Waals surface area (Å²) in [5, 5.41) is 4.04. The molecule has 1 heterocycles. The quantitative estimate of drug-likeness (QED) is 0.631. The third-order valence-corrected chi connectivity index (χ3v) is 3.08. The van der Waals surface area contributed by atoms with Crippen molar-refractivity contribution in [3.8, 4) is 0 Å². The van der Waals surface area contributed by atoms with Gasteiger partial charge in [-0.1, -0.05) is 0 Å². The van der Waals surface area contributed by atoms with Crippen LogP contribution in [-0.4, -0.2) is 11.6 Å². The first-order chi connectivity index (χ1) is 4.11. The molecule has 1 atom stereocenters. The highest BCUT2D eigenvalue weighted by atomic mass is 32.1. The first kappa shape index (κ1) is 7.00. The Morgan fingerprint density at radius 1 is 1.78 bits per heavy atom. The molecule has 0 fully saturated rings. The molecule has 0 aliphatic carbocycles. The Balaban J connectivity index is 3.04. The summed E-state index contributed by atoms with van der Waals surface area (Å²) >= 11 is 1.43. The Morgan fingerprint density at radius 2 is 2.44 bits per heavy atom. The Kier molecular flexibility index (Phi) is 1.75. The topological polar surface area (TPSA) is 37.3 Å². The van der Waals surface area contributed by atoms with Crippen LogP contribution in [0.4, 0.5) is 0 Å². The molecule has 1 N–H and O–H groups in total. The molecule has 1 aromatic heterocycles. The van der Waals surface area contributed by atoms with Crippen molar-refractivity contribution >= 4 is 24.0 Å². The average molecular weight is 162 g/mol. The van der Waals surface area contributed by atoms with E-state index in [-0.39, 0.29) is 0 Å². The van der Waals surface area contributed by atoms with E-state index in [0.717, 1.165) is 0 Å². The van der Waals surface area contributed by atoms with Crippen LogP contribution in [0, 0.1) is 0 Å². The lowest BCUT2D eigenvalue weighted by Gasteiger charge is -1.98. The molecule has 1 rings (SSSR count). The van der Waals surface area contributed by atoms with Crippen molar-refractivity contribution in [2.45, 2.75) is 0 Å². The van der Waals surface area contributed by atoms with Crippen LogP contribution in [0.15, 0.2) is 16.8 Å². The predicted molar refractivity (Wildman–Crippen MR) is 39.7 cm³/mol. The minimum Gasteiger partial charge on any atom is -0.341 e. The molecular weight excluding hydrogens is 155 g/mol.